The van der Waals surface area contributed by atoms with Crippen molar-refractivity contribution in [1.82, 2.24) is 4.98 Å². The first-order valence-electron chi connectivity index (χ1n) is 7.82. The molecular weight excluding hydrogens is 274 g/mol. The highest BCUT2D eigenvalue weighted by Crippen LogP contribution is 2.38. The summed E-state index contributed by atoms with van der Waals surface area (Å²) < 4.78 is 0. The highest BCUT2D eigenvalue weighted by molar-refractivity contribution is 6.05. The second-order valence-electron chi connectivity index (χ2n) is 6.11. The van der Waals surface area contributed by atoms with Gasteiger partial charge in [-0.25, -0.2) is 4.98 Å². The maximum absolute atomic E-state index is 12.9. The van der Waals surface area contributed by atoms with Gasteiger partial charge in [0.25, 0.3) is 0 Å². The summed E-state index contributed by atoms with van der Waals surface area (Å²) in [4.78, 5) is 21.5. The molecule has 4 heteroatoms. The van der Waals surface area contributed by atoms with Gasteiger partial charge in [-0.05, 0) is 37.5 Å². The molecule has 0 aliphatic carbocycles. The molecule has 112 valence electrons. The molecule has 3 heterocycles. The minimum atomic E-state index is -0.0344. The molecule has 2 aliphatic rings. The molecule has 0 radical (unpaired) electrons. The Morgan fingerprint density at radius 2 is 2.05 bits per heavy atom. The van der Waals surface area contributed by atoms with Crippen molar-refractivity contribution in [3.63, 3.8) is 0 Å². The second-order valence-corrected chi connectivity index (χ2v) is 6.11. The van der Waals surface area contributed by atoms with Crippen LogP contribution in [-0.4, -0.2) is 23.5 Å². The van der Waals surface area contributed by atoms with Crippen molar-refractivity contribution in [1.29, 1.82) is 0 Å². The number of carbonyl (C=O) groups excluding carboxylic acids is 1. The SMILES string of the molecule is Cc1ccc(CN2C(=O)[C@H]3CCCN3c3ncccc32)cc1. The predicted octanol–water partition coefficient (Wildman–Crippen LogP) is 2.91. The number of hydrogen-bond donors (Lipinski definition) is 0. The Kier molecular flexibility index (Phi) is 3.10. The van der Waals surface area contributed by atoms with Gasteiger partial charge in [0.15, 0.2) is 5.82 Å². The van der Waals surface area contributed by atoms with Gasteiger partial charge in [0.05, 0.1) is 12.2 Å². The van der Waals surface area contributed by atoms with E-state index in [0.717, 1.165) is 36.5 Å². The lowest BCUT2D eigenvalue weighted by Crippen LogP contribution is -2.50. The van der Waals surface area contributed by atoms with E-state index in [-0.39, 0.29) is 11.9 Å². The molecular formula is C18H19N3O. The molecule has 0 N–H and O–H groups in total. The summed E-state index contributed by atoms with van der Waals surface area (Å²) in [5.74, 6) is 1.16. The van der Waals surface area contributed by atoms with Crippen molar-refractivity contribution in [2.75, 3.05) is 16.3 Å². The van der Waals surface area contributed by atoms with Gasteiger partial charge in [0.2, 0.25) is 5.91 Å². The number of fused-ring (bicyclic) bond motifs is 3. The number of aryl methyl sites for hydroxylation is 1. The van der Waals surface area contributed by atoms with Crippen LogP contribution in [0.3, 0.4) is 0 Å². The number of nitrogens with zero attached hydrogens (tertiary/aromatic N) is 3. The fourth-order valence-electron chi connectivity index (χ4n) is 3.44. The molecule has 1 atom stereocenters. The molecule has 0 bridgehead atoms. The Morgan fingerprint density at radius 1 is 1.23 bits per heavy atom. The van der Waals surface area contributed by atoms with E-state index in [1.54, 1.807) is 0 Å². The molecule has 2 aromatic rings. The van der Waals surface area contributed by atoms with Gasteiger partial charge in [0, 0.05) is 12.7 Å². The maximum atomic E-state index is 12.9. The van der Waals surface area contributed by atoms with Gasteiger partial charge in [-0.1, -0.05) is 29.8 Å². The van der Waals surface area contributed by atoms with E-state index in [0.29, 0.717) is 6.54 Å². The van der Waals surface area contributed by atoms with Crippen molar-refractivity contribution in [2.24, 2.45) is 0 Å². The van der Waals surface area contributed by atoms with Crippen LogP contribution in [0.15, 0.2) is 42.6 Å². The number of hydrogen-bond acceptors (Lipinski definition) is 3. The van der Waals surface area contributed by atoms with Gasteiger partial charge >= 0.3 is 0 Å². The first-order valence-corrected chi connectivity index (χ1v) is 7.82. The van der Waals surface area contributed by atoms with E-state index in [2.05, 4.69) is 41.1 Å². The molecule has 4 nitrogen and oxygen atoms in total. The van der Waals surface area contributed by atoms with Crippen LogP contribution in [0, 0.1) is 6.92 Å². The minimum absolute atomic E-state index is 0.0344. The molecule has 2 aliphatic heterocycles. The van der Waals surface area contributed by atoms with E-state index in [1.165, 1.54) is 5.56 Å². The van der Waals surface area contributed by atoms with Crippen molar-refractivity contribution in [3.8, 4) is 0 Å². The van der Waals surface area contributed by atoms with Gasteiger partial charge in [-0.3, -0.25) is 4.79 Å². The Balaban J connectivity index is 1.73. The standard InChI is InChI=1S/C18H19N3O/c1-13-6-8-14(9-7-13)12-21-15-4-2-10-19-17(15)20-11-3-5-16(20)18(21)22/h2,4,6-10,16H,3,5,11-12H2,1H3/t16-/m1/s1. The Bertz CT molecular complexity index is 711. The van der Waals surface area contributed by atoms with Gasteiger partial charge in [0.1, 0.15) is 6.04 Å². The summed E-state index contributed by atoms with van der Waals surface area (Å²) in [6.45, 7) is 3.62. The van der Waals surface area contributed by atoms with Crippen LogP contribution in [0.4, 0.5) is 11.5 Å². The zero-order chi connectivity index (χ0) is 15.1. The highest BCUT2D eigenvalue weighted by Gasteiger charge is 2.41. The van der Waals surface area contributed by atoms with Crippen LogP contribution >= 0.6 is 0 Å². The molecule has 1 saturated heterocycles. The fraction of sp³-hybridized carbons (Fsp3) is 0.333. The van der Waals surface area contributed by atoms with Crippen LogP contribution < -0.4 is 9.80 Å². The Morgan fingerprint density at radius 3 is 2.86 bits per heavy atom. The number of pyridine rings is 1. The van der Waals surface area contributed by atoms with Crippen molar-refractivity contribution in [2.45, 2.75) is 32.4 Å². The summed E-state index contributed by atoms with van der Waals surface area (Å²) in [5, 5.41) is 0. The third kappa shape index (κ3) is 2.06. The largest absolute Gasteiger partial charge is 0.343 e. The average Bonchev–Trinajstić information content (AvgIpc) is 3.03. The zero-order valence-electron chi connectivity index (χ0n) is 12.7. The molecule has 0 unspecified atom stereocenters. The molecule has 0 saturated carbocycles. The molecule has 1 fully saturated rings. The lowest BCUT2D eigenvalue weighted by Gasteiger charge is -2.38. The second kappa shape index (κ2) is 5.13. The first-order chi connectivity index (χ1) is 10.7. The minimum Gasteiger partial charge on any atom is -0.343 e. The number of amides is 1. The van der Waals surface area contributed by atoms with Crippen LogP contribution in [0.2, 0.25) is 0 Å². The van der Waals surface area contributed by atoms with E-state index in [1.807, 2.05) is 23.2 Å². The number of benzene rings is 1. The lowest BCUT2D eigenvalue weighted by atomic mass is 10.1. The number of carbonyl (C=O) groups is 1. The van der Waals surface area contributed by atoms with Crippen LogP contribution in [-0.2, 0) is 11.3 Å². The fourth-order valence-corrected chi connectivity index (χ4v) is 3.44. The average molecular weight is 293 g/mol. The maximum Gasteiger partial charge on any atom is 0.250 e. The van der Waals surface area contributed by atoms with E-state index in [4.69, 9.17) is 0 Å². The highest BCUT2D eigenvalue weighted by atomic mass is 16.2. The Hall–Kier alpha value is -2.36. The summed E-state index contributed by atoms with van der Waals surface area (Å²) >= 11 is 0. The lowest BCUT2D eigenvalue weighted by molar-refractivity contribution is -0.120. The monoisotopic (exact) mass is 293 g/mol. The van der Waals surface area contributed by atoms with Crippen molar-refractivity contribution >= 4 is 17.4 Å². The summed E-state index contributed by atoms with van der Waals surface area (Å²) in [6.07, 6.45) is 3.80. The molecule has 4 rings (SSSR count). The molecule has 1 aromatic heterocycles. The van der Waals surface area contributed by atoms with Crippen molar-refractivity contribution < 1.29 is 4.79 Å². The van der Waals surface area contributed by atoms with E-state index in [9.17, 15) is 4.79 Å². The van der Waals surface area contributed by atoms with Crippen molar-refractivity contribution in [3.05, 3.63) is 53.7 Å². The van der Waals surface area contributed by atoms with Gasteiger partial charge in [-0.2, -0.15) is 0 Å². The van der Waals surface area contributed by atoms with Gasteiger partial charge < -0.3 is 9.80 Å². The topological polar surface area (TPSA) is 36.4 Å². The number of rotatable bonds is 2. The van der Waals surface area contributed by atoms with Crippen LogP contribution in [0.5, 0.6) is 0 Å². The smallest absolute Gasteiger partial charge is 0.250 e. The summed E-state index contributed by atoms with van der Waals surface area (Å²) in [5.41, 5.74) is 3.32. The van der Waals surface area contributed by atoms with E-state index >= 15 is 0 Å². The third-order valence-electron chi connectivity index (χ3n) is 4.59. The number of aromatic nitrogens is 1. The summed E-state index contributed by atoms with van der Waals surface area (Å²) in [6, 6.07) is 12.3. The van der Waals surface area contributed by atoms with E-state index < -0.39 is 0 Å². The third-order valence-corrected chi connectivity index (χ3v) is 4.59. The molecule has 22 heavy (non-hydrogen) atoms. The predicted molar refractivity (Wildman–Crippen MR) is 87.0 cm³/mol. The zero-order valence-corrected chi connectivity index (χ0v) is 12.7. The molecule has 1 aromatic carbocycles. The number of anilines is 2. The molecule has 0 spiro atoms. The van der Waals surface area contributed by atoms with Gasteiger partial charge in [-0.15, -0.1) is 0 Å². The van der Waals surface area contributed by atoms with Crippen LogP contribution in [0.25, 0.3) is 0 Å². The van der Waals surface area contributed by atoms with Crippen LogP contribution in [0.1, 0.15) is 24.0 Å². The Labute approximate surface area is 130 Å². The molecule has 1 amide bonds. The normalized spacial score (nSPS) is 20.0. The quantitative estimate of drug-likeness (QED) is 0.854. The first kappa shape index (κ1) is 13.3. The summed E-state index contributed by atoms with van der Waals surface area (Å²) in [7, 11) is 0.